The predicted octanol–water partition coefficient (Wildman–Crippen LogP) is 4.56. The maximum absolute atomic E-state index is 11.3. The second-order valence-electron chi connectivity index (χ2n) is 5.76. The van der Waals surface area contributed by atoms with Gasteiger partial charge in [0.15, 0.2) is 0 Å². The minimum atomic E-state index is -0.931. The number of fused-ring (bicyclic) bond motifs is 1. The van der Waals surface area contributed by atoms with Crippen molar-refractivity contribution in [3.05, 3.63) is 72.1 Å². The van der Waals surface area contributed by atoms with Gasteiger partial charge in [-0.15, -0.1) is 0 Å². The third kappa shape index (κ3) is 2.76. The second-order valence-corrected chi connectivity index (χ2v) is 5.76. The SMILES string of the molecule is Cc1nc(-c2ccc(-c3cccc4ccc(C(=O)O)cc34)cc2)no1. The third-order valence-electron chi connectivity index (χ3n) is 4.11. The van der Waals surface area contributed by atoms with Gasteiger partial charge in [0.05, 0.1) is 5.56 Å². The van der Waals surface area contributed by atoms with E-state index in [1.165, 1.54) is 0 Å². The minimum absolute atomic E-state index is 0.277. The summed E-state index contributed by atoms with van der Waals surface area (Å²) in [4.78, 5) is 15.5. The van der Waals surface area contributed by atoms with Gasteiger partial charge >= 0.3 is 5.97 Å². The Bertz CT molecular complexity index is 1080. The smallest absolute Gasteiger partial charge is 0.335 e. The van der Waals surface area contributed by atoms with Gasteiger partial charge in [-0.25, -0.2) is 4.79 Å². The Labute approximate surface area is 143 Å². The standard InChI is InChI=1S/C20H14N2O3/c1-12-21-19(22-25-12)15-8-5-14(6-9-15)17-4-2-3-13-7-10-16(20(23)24)11-18(13)17/h2-11H,1H3,(H,23,24). The molecule has 0 aliphatic heterocycles. The van der Waals surface area contributed by atoms with E-state index in [9.17, 15) is 9.90 Å². The van der Waals surface area contributed by atoms with Gasteiger partial charge in [-0.1, -0.05) is 53.7 Å². The number of nitrogens with zero attached hydrogens (tertiary/aromatic N) is 2. The van der Waals surface area contributed by atoms with Gasteiger partial charge in [-0.3, -0.25) is 0 Å². The Hall–Kier alpha value is -3.47. The van der Waals surface area contributed by atoms with Crippen LogP contribution in [0.3, 0.4) is 0 Å². The second kappa shape index (κ2) is 5.87. The molecule has 5 heteroatoms. The number of aromatic carboxylic acids is 1. The highest BCUT2D eigenvalue weighted by Crippen LogP contribution is 2.30. The van der Waals surface area contributed by atoms with E-state index in [0.717, 1.165) is 27.5 Å². The molecule has 0 spiro atoms. The van der Waals surface area contributed by atoms with E-state index >= 15 is 0 Å². The van der Waals surface area contributed by atoms with Crippen molar-refractivity contribution in [3.63, 3.8) is 0 Å². The molecule has 0 fully saturated rings. The number of carbonyl (C=O) groups is 1. The van der Waals surface area contributed by atoms with E-state index in [1.54, 1.807) is 19.1 Å². The molecular weight excluding hydrogens is 316 g/mol. The zero-order chi connectivity index (χ0) is 17.4. The Balaban J connectivity index is 1.81. The maximum Gasteiger partial charge on any atom is 0.335 e. The number of aryl methyl sites for hydroxylation is 1. The number of carboxylic acid groups (broad SMARTS) is 1. The monoisotopic (exact) mass is 330 g/mol. The van der Waals surface area contributed by atoms with Crippen LogP contribution in [-0.2, 0) is 0 Å². The van der Waals surface area contributed by atoms with E-state index < -0.39 is 5.97 Å². The Morgan fingerprint density at radius 3 is 2.44 bits per heavy atom. The summed E-state index contributed by atoms with van der Waals surface area (Å²) in [5.41, 5.74) is 3.12. The lowest BCUT2D eigenvalue weighted by Gasteiger charge is -2.08. The van der Waals surface area contributed by atoms with Gasteiger partial charge in [0.25, 0.3) is 0 Å². The van der Waals surface area contributed by atoms with Crippen LogP contribution < -0.4 is 0 Å². The molecule has 0 bridgehead atoms. The molecule has 25 heavy (non-hydrogen) atoms. The van der Waals surface area contributed by atoms with Crippen molar-refractivity contribution in [1.29, 1.82) is 0 Å². The molecule has 1 N–H and O–H groups in total. The van der Waals surface area contributed by atoms with Crippen molar-refractivity contribution in [3.8, 4) is 22.5 Å². The first-order chi connectivity index (χ1) is 12.1. The maximum atomic E-state index is 11.3. The Kier molecular flexibility index (Phi) is 3.54. The number of hydrogen-bond donors (Lipinski definition) is 1. The Morgan fingerprint density at radius 2 is 1.76 bits per heavy atom. The van der Waals surface area contributed by atoms with Crippen molar-refractivity contribution in [2.24, 2.45) is 0 Å². The fraction of sp³-hybridized carbons (Fsp3) is 0.0500. The normalized spacial score (nSPS) is 10.9. The lowest BCUT2D eigenvalue weighted by atomic mass is 9.96. The molecule has 5 nitrogen and oxygen atoms in total. The van der Waals surface area contributed by atoms with Gasteiger partial charge in [0, 0.05) is 12.5 Å². The molecule has 3 aromatic carbocycles. The van der Waals surface area contributed by atoms with Crippen molar-refractivity contribution >= 4 is 16.7 Å². The lowest BCUT2D eigenvalue weighted by molar-refractivity contribution is 0.0697. The summed E-state index contributed by atoms with van der Waals surface area (Å²) in [5, 5.41) is 15.1. The third-order valence-corrected chi connectivity index (χ3v) is 4.11. The van der Waals surface area contributed by atoms with Gasteiger partial charge in [-0.2, -0.15) is 4.98 Å². The van der Waals surface area contributed by atoms with Crippen LogP contribution in [0, 0.1) is 6.92 Å². The number of rotatable bonds is 3. The van der Waals surface area contributed by atoms with E-state index in [1.807, 2.05) is 48.5 Å². The van der Waals surface area contributed by atoms with Crippen LogP contribution in [0.15, 0.2) is 65.2 Å². The molecule has 0 radical (unpaired) electrons. The molecule has 0 saturated carbocycles. The minimum Gasteiger partial charge on any atom is -0.478 e. The average Bonchev–Trinajstić information content (AvgIpc) is 3.07. The summed E-state index contributed by atoms with van der Waals surface area (Å²) >= 11 is 0. The summed E-state index contributed by atoms with van der Waals surface area (Å²) in [7, 11) is 0. The summed E-state index contributed by atoms with van der Waals surface area (Å²) in [6.45, 7) is 1.75. The molecule has 1 aromatic heterocycles. The van der Waals surface area contributed by atoms with E-state index in [-0.39, 0.29) is 5.56 Å². The van der Waals surface area contributed by atoms with Crippen LogP contribution in [0.25, 0.3) is 33.3 Å². The molecule has 4 rings (SSSR count). The van der Waals surface area contributed by atoms with Crippen molar-refractivity contribution in [1.82, 2.24) is 10.1 Å². The zero-order valence-electron chi connectivity index (χ0n) is 13.4. The fourth-order valence-corrected chi connectivity index (χ4v) is 2.87. The molecule has 0 aliphatic carbocycles. The quantitative estimate of drug-likeness (QED) is 0.596. The first-order valence-electron chi connectivity index (χ1n) is 7.79. The predicted molar refractivity (Wildman–Crippen MR) is 94.4 cm³/mol. The highest BCUT2D eigenvalue weighted by molar-refractivity contribution is 6.01. The largest absolute Gasteiger partial charge is 0.478 e. The summed E-state index contributed by atoms with van der Waals surface area (Å²) < 4.78 is 5.01. The van der Waals surface area contributed by atoms with Gasteiger partial charge in [0.2, 0.25) is 11.7 Å². The van der Waals surface area contributed by atoms with E-state index in [0.29, 0.717) is 11.7 Å². The van der Waals surface area contributed by atoms with Crippen LogP contribution in [0.2, 0.25) is 0 Å². The first kappa shape index (κ1) is 15.1. The molecule has 0 saturated heterocycles. The summed E-state index contributed by atoms with van der Waals surface area (Å²) in [6.07, 6.45) is 0. The molecule has 4 aromatic rings. The molecule has 0 amide bonds. The molecular formula is C20H14N2O3. The van der Waals surface area contributed by atoms with Crippen molar-refractivity contribution in [2.75, 3.05) is 0 Å². The molecule has 0 aliphatic rings. The number of carboxylic acids is 1. The van der Waals surface area contributed by atoms with Crippen LogP contribution in [0.1, 0.15) is 16.2 Å². The highest BCUT2D eigenvalue weighted by Gasteiger charge is 2.10. The van der Waals surface area contributed by atoms with E-state index in [4.69, 9.17) is 4.52 Å². The highest BCUT2D eigenvalue weighted by atomic mass is 16.5. The van der Waals surface area contributed by atoms with Crippen LogP contribution in [0.4, 0.5) is 0 Å². The first-order valence-corrected chi connectivity index (χ1v) is 7.79. The molecule has 0 unspecified atom stereocenters. The topological polar surface area (TPSA) is 76.2 Å². The Morgan fingerprint density at radius 1 is 1.00 bits per heavy atom. The average molecular weight is 330 g/mol. The van der Waals surface area contributed by atoms with E-state index in [2.05, 4.69) is 10.1 Å². The van der Waals surface area contributed by atoms with Gasteiger partial charge in [0.1, 0.15) is 0 Å². The molecule has 122 valence electrons. The number of benzene rings is 3. The summed E-state index contributed by atoms with van der Waals surface area (Å²) in [5.74, 6) is 0.143. The lowest BCUT2D eigenvalue weighted by Crippen LogP contribution is -1.95. The van der Waals surface area contributed by atoms with Gasteiger partial charge in [-0.05, 0) is 34.0 Å². The van der Waals surface area contributed by atoms with Crippen LogP contribution in [0.5, 0.6) is 0 Å². The van der Waals surface area contributed by atoms with Crippen molar-refractivity contribution in [2.45, 2.75) is 6.92 Å². The van der Waals surface area contributed by atoms with Crippen LogP contribution >= 0.6 is 0 Å². The van der Waals surface area contributed by atoms with Crippen LogP contribution in [-0.4, -0.2) is 21.2 Å². The zero-order valence-corrected chi connectivity index (χ0v) is 13.4. The number of aromatic nitrogens is 2. The summed E-state index contributed by atoms with van der Waals surface area (Å²) in [6, 6.07) is 18.9. The number of hydrogen-bond acceptors (Lipinski definition) is 4. The molecule has 1 heterocycles. The fourth-order valence-electron chi connectivity index (χ4n) is 2.87. The van der Waals surface area contributed by atoms with Gasteiger partial charge < -0.3 is 9.63 Å². The van der Waals surface area contributed by atoms with Crippen molar-refractivity contribution < 1.29 is 14.4 Å². The molecule has 0 atom stereocenters.